The molecular weight excluding hydrogens is 610 g/mol. The largest absolute Gasteiger partial charge is 0.497 e. The monoisotopic (exact) mass is 643 g/mol. The van der Waals surface area contributed by atoms with Gasteiger partial charge in [0.1, 0.15) is 41.5 Å². The predicted molar refractivity (Wildman–Crippen MR) is 177 cm³/mol. The van der Waals surface area contributed by atoms with Gasteiger partial charge in [-0.25, -0.2) is 15.0 Å². The van der Waals surface area contributed by atoms with Crippen molar-refractivity contribution in [3.63, 3.8) is 0 Å². The van der Waals surface area contributed by atoms with Gasteiger partial charge in [-0.3, -0.25) is 9.36 Å². The molecule has 1 fully saturated rings. The molecule has 5 atom stereocenters. The molecule has 0 aliphatic carbocycles. The zero-order valence-electron chi connectivity index (χ0n) is 26.0. The number of carbonyl (C=O) groups excluding carboxylic acids is 1. The van der Waals surface area contributed by atoms with Crippen LogP contribution in [0.3, 0.4) is 0 Å². The lowest BCUT2D eigenvalue weighted by Gasteiger charge is -2.37. The number of fused-ring (bicyclic) bond motifs is 1. The summed E-state index contributed by atoms with van der Waals surface area (Å²) in [6.45, 7) is -0.130. The molecule has 1 aliphatic rings. The molecule has 11 nitrogen and oxygen atoms in total. The van der Waals surface area contributed by atoms with E-state index in [4.69, 9.17) is 19.9 Å². The molecule has 4 N–H and O–H groups in total. The highest BCUT2D eigenvalue weighted by molar-refractivity contribution is 6.09. The van der Waals surface area contributed by atoms with Crippen LogP contribution in [0.2, 0.25) is 0 Å². The maximum atomic E-state index is 13.3. The first-order valence-electron chi connectivity index (χ1n) is 15.4. The first-order chi connectivity index (χ1) is 23.4. The number of nitrogens with zero attached hydrogens (tertiary/aromatic N) is 4. The Labute approximate surface area is 276 Å². The van der Waals surface area contributed by atoms with Crippen molar-refractivity contribution >= 4 is 22.8 Å². The number of aromatic nitrogens is 4. The number of ether oxygens (including phenoxy) is 3. The molecule has 2 aromatic heterocycles. The molecule has 7 rings (SSSR count). The molecule has 1 unspecified atom stereocenters. The van der Waals surface area contributed by atoms with Gasteiger partial charge in [-0.2, -0.15) is 0 Å². The Hall–Kier alpha value is -5.46. The van der Waals surface area contributed by atoms with Gasteiger partial charge in [0.05, 0.1) is 20.0 Å². The highest BCUT2D eigenvalue weighted by Gasteiger charge is 2.47. The highest BCUT2D eigenvalue weighted by atomic mass is 16.6. The van der Waals surface area contributed by atoms with Crippen molar-refractivity contribution in [2.45, 2.75) is 30.1 Å². The first-order valence-corrected chi connectivity index (χ1v) is 15.4. The molecule has 1 aliphatic heterocycles. The molecule has 3 heterocycles. The van der Waals surface area contributed by atoms with E-state index in [1.165, 1.54) is 17.2 Å². The van der Waals surface area contributed by atoms with Crippen LogP contribution in [0.25, 0.3) is 11.2 Å². The summed E-state index contributed by atoms with van der Waals surface area (Å²) >= 11 is 0. The standard InChI is InChI=1S/C37H33N5O6/c1-46-28-14-8-13-27(19-28)37(25-11-6-3-7-12-25,26-17-15-24(16-18-26)31(43)23-9-4-2-5-10-23)47-20-29-32(44)33(45)36(48-29)42-22-41-30-34(38)39-21-40-35(30)42/h2-19,21-22,29,32-33,36,44-45H,20H2,1H3,(H2,38,39,40)/t29-,32-,33-,36-,37?/m1/s1. The summed E-state index contributed by atoms with van der Waals surface area (Å²) in [5.74, 6) is 0.707. The van der Waals surface area contributed by atoms with Crippen LogP contribution in [0.15, 0.2) is 122 Å². The maximum Gasteiger partial charge on any atom is 0.193 e. The Bertz CT molecular complexity index is 2040. The number of anilines is 1. The van der Waals surface area contributed by atoms with Crippen molar-refractivity contribution in [1.29, 1.82) is 0 Å². The third kappa shape index (κ3) is 5.48. The molecule has 48 heavy (non-hydrogen) atoms. The minimum Gasteiger partial charge on any atom is -0.497 e. The second-order valence-electron chi connectivity index (χ2n) is 11.5. The van der Waals surface area contributed by atoms with Crippen molar-refractivity contribution in [1.82, 2.24) is 19.5 Å². The Morgan fingerprint density at radius 2 is 1.50 bits per heavy atom. The summed E-state index contributed by atoms with van der Waals surface area (Å²) in [6.07, 6.45) is -1.85. The van der Waals surface area contributed by atoms with Gasteiger partial charge in [0.2, 0.25) is 0 Å². The van der Waals surface area contributed by atoms with E-state index in [1.807, 2.05) is 84.9 Å². The number of nitrogens with two attached hydrogens (primary N) is 1. The number of nitrogen functional groups attached to an aromatic ring is 1. The fourth-order valence-electron chi connectivity index (χ4n) is 6.24. The molecule has 0 spiro atoms. The lowest BCUT2D eigenvalue weighted by molar-refractivity contribution is -0.0942. The first kappa shape index (κ1) is 31.2. The average molecular weight is 644 g/mol. The van der Waals surface area contributed by atoms with Crippen LogP contribution in [0.4, 0.5) is 5.82 Å². The van der Waals surface area contributed by atoms with Gasteiger partial charge in [-0.15, -0.1) is 0 Å². The second-order valence-corrected chi connectivity index (χ2v) is 11.5. The molecule has 4 aromatic carbocycles. The summed E-state index contributed by atoms with van der Waals surface area (Å²) in [6, 6.07) is 33.6. The van der Waals surface area contributed by atoms with Gasteiger partial charge in [0.25, 0.3) is 0 Å². The van der Waals surface area contributed by atoms with E-state index < -0.39 is 30.1 Å². The molecule has 0 saturated carbocycles. The Morgan fingerprint density at radius 3 is 2.23 bits per heavy atom. The van der Waals surface area contributed by atoms with Gasteiger partial charge < -0.3 is 30.2 Å². The summed E-state index contributed by atoms with van der Waals surface area (Å²) in [7, 11) is 1.59. The summed E-state index contributed by atoms with van der Waals surface area (Å²) in [4.78, 5) is 25.8. The minimum absolute atomic E-state index is 0.101. The number of hydrogen-bond donors (Lipinski definition) is 3. The zero-order valence-corrected chi connectivity index (χ0v) is 26.0. The van der Waals surface area contributed by atoms with Gasteiger partial charge in [0.15, 0.2) is 23.5 Å². The molecule has 0 amide bonds. The van der Waals surface area contributed by atoms with E-state index >= 15 is 0 Å². The number of methoxy groups -OCH3 is 1. The Kier molecular flexibility index (Phi) is 8.42. The third-order valence-electron chi connectivity index (χ3n) is 8.71. The van der Waals surface area contributed by atoms with Crippen LogP contribution in [0.5, 0.6) is 5.75 Å². The number of imidazole rings is 1. The van der Waals surface area contributed by atoms with E-state index in [2.05, 4.69) is 15.0 Å². The van der Waals surface area contributed by atoms with Gasteiger partial charge >= 0.3 is 0 Å². The van der Waals surface area contributed by atoms with Crippen molar-refractivity contribution in [2.75, 3.05) is 19.5 Å². The van der Waals surface area contributed by atoms with Crippen LogP contribution in [0, 0.1) is 0 Å². The lowest BCUT2D eigenvalue weighted by Crippen LogP contribution is -2.39. The second kappa shape index (κ2) is 13.0. The molecular formula is C37H33N5O6. The van der Waals surface area contributed by atoms with Crippen molar-refractivity contribution in [3.8, 4) is 5.75 Å². The van der Waals surface area contributed by atoms with E-state index in [0.29, 0.717) is 28.0 Å². The fourth-order valence-corrected chi connectivity index (χ4v) is 6.24. The van der Waals surface area contributed by atoms with Crippen LogP contribution >= 0.6 is 0 Å². The van der Waals surface area contributed by atoms with Crippen molar-refractivity contribution in [3.05, 3.63) is 150 Å². The third-order valence-corrected chi connectivity index (χ3v) is 8.71. The molecule has 0 radical (unpaired) electrons. The Balaban J connectivity index is 1.28. The van der Waals surface area contributed by atoms with Gasteiger partial charge in [0, 0.05) is 11.1 Å². The normalized spacial score (nSPS) is 20.4. The lowest BCUT2D eigenvalue weighted by atomic mass is 9.79. The minimum atomic E-state index is -1.32. The van der Waals surface area contributed by atoms with E-state index in [1.54, 1.807) is 31.4 Å². The van der Waals surface area contributed by atoms with Crippen LogP contribution in [0.1, 0.15) is 38.8 Å². The smallest absolute Gasteiger partial charge is 0.193 e. The van der Waals surface area contributed by atoms with Crippen LogP contribution < -0.4 is 10.5 Å². The Morgan fingerprint density at radius 1 is 0.833 bits per heavy atom. The fraction of sp³-hybridized carbons (Fsp3) is 0.189. The number of ketones is 1. The number of carbonyl (C=O) groups is 1. The number of hydrogen-bond acceptors (Lipinski definition) is 10. The van der Waals surface area contributed by atoms with Gasteiger partial charge in [-0.05, 0) is 28.8 Å². The summed E-state index contributed by atoms with van der Waals surface area (Å²) in [5, 5.41) is 22.4. The van der Waals surface area contributed by atoms with E-state index in [-0.39, 0.29) is 18.2 Å². The van der Waals surface area contributed by atoms with Crippen LogP contribution in [-0.2, 0) is 15.1 Å². The predicted octanol–water partition coefficient (Wildman–Crippen LogP) is 4.28. The maximum absolute atomic E-state index is 13.3. The molecule has 1 saturated heterocycles. The number of benzene rings is 4. The van der Waals surface area contributed by atoms with E-state index in [9.17, 15) is 15.0 Å². The number of aliphatic hydroxyl groups is 2. The van der Waals surface area contributed by atoms with Crippen molar-refractivity contribution < 1.29 is 29.2 Å². The number of rotatable bonds is 10. The molecule has 242 valence electrons. The van der Waals surface area contributed by atoms with Crippen molar-refractivity contribution in [2.24, 2.45) is 0 Å². The topological polar surface area (TPSA) is 155 Å². The quantitative estimate of drug-likeness (QED) is 0.146. The zero-order chi connectivity index (χ0) is 33.3. The molecule has 11 heteroatoms. The average Bonchev–Trinajstić information content (AvgIpc) is 3.70. The summed E-state index contributed by atoms with van der Waals surface area (Å²) < 4.78 is 20.3. The summed E-state index contributed by atoms with van der Waals surface area (Å²) in [5.41, 5.74) is 8.81. The highest BCUT2D eigenvalue weighted by Crippen LogP contribution is 2.43. The molecule has 0 bridgehead atoms. The van der Waals surface area contributed by atoms with E-state index in [0.717, 1.165) is 16.7 Å². The van der Waals surface area contributed by atoms with Gasteiger partial charge in [-0.1, -0.05) is 97.1 Å². The SMILES string of the molecule is COc1cccc(C(OC[C@H]2O[C@@H](n3cnc4c(N)ncnc43)[C@H](O)[C@@H]2O)(c2ccccc2)c2ccc(C(=O)c3ccccc3)cc2)c1. The molecule has 6 aromatic rings. The van der Waals surface area contributed by atoms with Crippen LogP contribution in [-0.4, -0.2) is 67.5 Å². The number of aliphatic hydroxyl groups excluding tert-OH is 2.